The number of hydrogen-bond acceptors (Lipinski definition) is 5. The van der Waals surface area contributed by atoms with Gasteiger partial charge in [0.2, 0.25) is 5.95 Å². The predicted molar refractivity (Wildman–Crippen MR) is 95.7 cm³/mol. The molecule has 1 saturated heterocycles. The molecular weight excluding hydrogens is 416 g/mol. The van der Waals surface area contributed by atoms with Gasteiger partial charge in [-0.05, 0) is 19.4 Å². The van der Waals surface area contributed by atoms with Crippen LogP contribution in [0, 0.1) is 0 Å². The molecule has 1 aliphatic heterocycles. The fraction of sp³-hybridized carbons (Fsp3) is 0.474. The summed E-state index contributed by atoms with van der Waals surface area (Å²) in [6.07, 6.45) is -9.01. The fourth-order valence-corrected chi connectivity index (χ4v) is 3.37. The van der Waals surface area contributed by atoms with E-state index in [1.807, 2.05) is 18.7 Å². The van der Waals surface area contributed by atoms with Crippen LogP contribution in [0.3, 0.4) is 0 Å². The molecule has 30 heavy (non-hydrogen) atoms. The Morgan fingerprint density at radius 3 is 1.77 bits per heavy atom. The molecule has 2 aromatic rings. The van der Waals surface area contributed by atoms with Crippen LogP contribution in [-0.4, -0.2) is 52.7 Å². The number of alkyl halides is 6. The van der Waals surface area contributed by atoms with Gasteiger partial charge in [0.15, 0.2) is 0 Å². The highest BCUT2D eigenvalue weighted by molar-refractivity contribution is 5.62. The van der Waals surface area contributed by atoms with E-state index in [-0.39, 0.29) is 12.2 Å². The number of hydrogen-bond donors (Lipinski definition) is 1. The Morgan fingerprint density at radius 2 is 1.33 bits per heavy atom. The highest BCUT2D eigenvalue weighted by atomic mass is 19.4. The van der Waals surface area contributed by atoms with Gasteiger partial charge in [-0.25, -0.2) is 9.97 Å². The van der Waals surface area contributed by atoms with Crippen molar-refractivity contribution in [3.63, 3.8) is 0 Å². The lowest BCUT2D eigenvalue weighted by Crippen LogP contribution is -2.53. The van der Waals surface area contributed by atoms with Crippen molar-refractivity contribution in [2.24, 2.45) is 0 Å². The molecule has 1 aromatic carbocycles. The number of aliphatic hydroxyl groups is 1. The van der Waals surface area contributed by atoms with E-state index < -0.39 is 23.5 Å². The first-order chi connectivity index (χ1) is 13.8. The number of benzene rings is 1. The van der Waals surface area contributed by atoms with Crippen LogP contribution in [0.2, 0.25) is 0 Å². The van der Waals surface area contributed by atoms with Crippen LogP contribution >= 0.6 is 0 Å². The molecule has 1 N–H and O–H groups in total. The van der Waals surface area contributed by atoms with Gasteiger partial charge in [-0.2, -0.15) is 26.3 Å². The van der Waals surface area contributed by atoms with E-state index in [0.29, 0.717) is 42.3 Å². The maximum Gasteiger partial charge on any atom is 0.430 e. The number of rotatable bonds is 3. The van der Waals surface area contributed by atoms with Crippen molar-refractivity contribution < 1.29 is 36.2 Å². The van der Waals surface area contributed by atoms with Crippen molar-refractivity contribution in [2.45, 2.75) is 44.0 Å². The summed E-state index contributed by atoms with van der Waals surface area (Å²) < 4.78 is 83.5. The summed E-state index contributed by atoms with van der Waals surface area (Å²) in [5.74, 6) is 0.445. The van der Waals surface area contributed by atoms with Crippen LogP contribution in [0.4, 0.5) is 32.3 Å². The molecular formula is C19H19F6N3O2. The van der Waals surface area contributed by atoms with Crippen LogP contribution in [0.5, 0.6) is 0 Å². The number of anilines is 1. The third-order valence-corrected chi connectivity index (χ3v) is 4.80. The number of nitrogens with zero attached hydrogens (tertiary/aromatic N) is 3. The fourth-order valence-electron chi connectivity index (χ4n) is 3.37. The standard InChI is InChI=1S/C19H19F6N3O2/c1-11-9-28(10-12(2)30-11)16-26-7-14(8-27-16)13-3-5-15(6-4-13)17(29,18(20,21)22)19(23,24)25/h3-8,11-12,29H,9-10H2,1-2H3. The first-order valence-electron chi connectivity index (χ1n) is 9.02. The summed E-state index contributed by atoms with van der Waals surface area (Å²) in [6, 6.07) is 3.29. The molecule has 2 atom stereocenters. The molecule has 0 bridgehead atoms. The topological polar surface area (TPSA) is 58.5 Å². The first kappa shape index (κ1) is 22.3. The molecule has 0 amide bonds. The minimum atomic E-state index is -5.93. The molecule has 0 spiro atoms. The van der Waals surface area contributed by atoms with Gasteiger partial charge >= 0.3 is 12.4 Å². The summed E-state index contributed by atoms with van der Waals surface area (Å²) in [7, 11) is 0. The van der Waals surface area contributed by atoms with Gasteiger partial charge in [-0.3, -0.25) is 0 Å². The molecule has 164 valence electrons. The Kier molecular flexibility index (Phi) is 5.72. The molecule has 2 unspecified atom stereocenters. The zero-order chi connectivity index (χ0) is 22.3. The maximum atomic E-state index is 13.0. The molecule has 0 saturated carbocycles. The van der Waals surface area contributed by atoms with Gasteiger partial charge < -0.3 is 14.7 Å². The summed E-state index contributed by atoms with van der Waals surface area (Å²) in [6.45, 7) is 5.01. The SMILES string of the molecule is CC1CN(c2ncc(-c3ccc(C(O)(C(F)(F)F)C(F)(F)F)cc3)cn2)CC(C)O1. The average Bonchev–Trinajstić information content (AvgIpc) is 2.65. The number of morpholine rings is 1. The number of halogens is 6. The summed E-state index contributed by atoms with van der Waals surface area (Å²) in [5, 5.41) is 9.45. The Bertz CT molecular complexity index is 844. The highest BCUT2D eigenvalue weighted by Gasteiger charge is 2.71. The van der Waals surface area contributed by atoms with Crippen LogP contribution in [0.1, 0.15) is 19.4 Å². The molecule has 11 heteroatoms. The van der Waals surface area contributed by atoms with Gasteiger partial charge in [0.1, 0.15) is 0 Å². The van der Waals surface area contributed by atoms with E-state index in [1.165, 1.54) is 12.4 Å². The van der Waals surface area contributed by atoms with Crippen LogP contribution in [0.25, 0.3) is 11.1 Å². The largest absolute Gasteiger partial charge is 0.430 e. The lowest BCUT2D eigenvalue weighted by molar-refractivity contribution is -0.376. The summed E-state index contributed by atoms with van der Waals surface area (Å²) in [4.78, 5) is 10.4. The van der Waals surface area contributed by atoms with E-state index >= 15 is 0 Å². The number of ether oxygens (including phenoxy) is 1. The van der Waals surface area contributed by atoms with Crippen molar-refractivity contribution in [3.8, 4) is 11.1 Å². The van der Waals surface area contributed by atoms with Gasteiger partial charge in [-0.15, -0.1) is 0 Å². The smallest absolute Gasteiger partial charge is 0.372 e. The van der Waals surface area contributed by atoms with E-state index in [0.717, 1.165) is 12.1 Å². The average molecular weight is 435 g/mol. The second kappa shape index (κ2) is 7.69. The minimum absolute atomic E-state index is 0.00872. The Hall–Kier alpha value is -2.40. The Labute approximate surface area is 168 Å². The third kappa shape index (κ3) is 4.08. The molecule has 2 heterocycles. The maximum absolute atomic E-state index is 13.0. The second-order valence-corrected chi connectivity index (χ2v) is 7.22. The zero-order valence-electron chi connectivity index (χ0n) is 16.0. The van der Waals surface area contributed by atoms with Crippen molar-refractivity contribution >= 4 is 5.95 Å². The van der Waals surface area contributed by atoms with E-state index in [9.17, 15) is 31.4 Å². The molecule has 1 aromatic heterocycles. The number of aromatic nitrogens is 2. The van der Waals surface area contributed by atoms with Gasteiger partial charge in [-0.1, -0.05) is 24.3 Å². The third-order valence-electron chi connectivity index (χ3n) is 4.80. The first-order valence-corrected chi connectivity index (χ1v) is 9.02. The molecule has 0 radical (unpaired) electrons. The van der Waals surface area contributed by atoms with E-state index in [2.05, 4.69) is 9.97 Å². The zero-order valence-corrected chi connectivity index (χ0v) is 16.0. The monoisotopic (exact) mass is 435 g/mol. The van der Waals surface area contributed by atoms with Crippen molar-refractivity contribution in [3.05, 3.63) is 42.2 Å². The predicted octanol–water partition coefficient (Wildman–Crippen LogP) is 4.07. The van der Waals surface area contributed by atoms with Crippen LogP contribution < -0.4 is 4.90 Å². The summed E-state index contributed by atoms with van der Waals surface area (Å²) in [5.41, 5.74) is -5.56. The van der Waals surface area contributed by atoms with Crippen molar-refractivity contribution in [1.82, 2.24) is 9.97 Å². The molecule has 0 aliphatic carbocycles. The van der Waals surface area contributed by atoms with Gasteiger partial charge in [0.25, 0.3) is 5.60 Å². The Morgan fingerprint density at radius 1 is 0.867 bits per heavy atom. The van der Waals surface area contributed by atoms with E-state index in [1.54, 1.807) is 0 Å². The Balaban J connectivity index is 1.84. The lowest BCUT2D eigenvalue weighted by Gasteiger charge is -2.35. The second-order valence-electron chi connectivity index (χ2n) is 7.22. The van der Waals surface area contributed by atoms with E-state index in [4.69, 9.17) is 4.74 Å². The van der Waals surface area contributed by atoms with Crippen molar-refractivity contribution in [2.75, 3.05) is 18.0 Å². The molecule has 5 nitrogen and oxygen atoms in total. The highest BCUT2D eigenvalue weighted by Crippen LogP contribution is 2.50. The quantitative estimate of drug-likeness (QED) is 0.737. The van der Waals surface area contributed by atoms with Gasteiger partial charge in [0, 0.05) is 36.6 Å². The lowest BCUT2D eigenvalue weighted by atomic mass is 9.91. The summed E-state index contributed by atoms with van der Waals surface area (Å²) >= 11 is 0. The van der Waals surface area contributed by atoms with Crippen molar-refractivity contribution in [1.29, 1.82) is 0 Å². The molecule has 3 rings (SSSR count). The van der Waals surface area contributed by atoms with Crippen LogP contribution in [-0.2, 0) is 10.3 Å². The molecule has 1 fully saturated rings. The minimum Gasteiger partial charge on any atom is -0.372 e. The molecule has 1 aliphatic rings. The van der Waals surface area contributed by atoms with Crippen LogP contribution in [0.15, 0.2) is 36.7 Å². The normalized spacial score (nSPS) is 21.0. The van der Waals surface area contributed by atoms with Gasteiger partial charge in [0.05, 0.1) is 12.2 Å².